The van der Waals surface area contributed by atoms with Gasteiger partial charge in [-0.15, -0.1) is 0 Å². The Morgan fingerprint density at radius 3 is 2.41 bits per heavy atom. The van der Waals surface area contributed by atoms with Gasteiger partial charge in [0.2, 0.25) is 0 Å². The van der Waals surface area contributed by atoms with E-state index in [0.29, 0.717) is 26.4 Å². The zero-order chi connectivity index (χ0) is 19.4. The fraction of sp³-hybridized carbons (Fsp3) is 0.0500. The first-order valence-corrected chi connectivity index (χ1v) is 9.97. The zero-order valence-electron chi connectivity index (χ0n) is 14.0. The SMILES string of the molecule is O=C(Nc1ccccc1)N(Cc1cc(Br)cc(Br)c1O)c1ccccc1Cl. The number of benzene rings is 3. The van der Waals surface area contributed by atoms with Crippen molar-refractivity contribution in [1.82, 2.24) is 0 Å². The number of nitrogens with one attached hydrogen (secondary N) is 1. The number of phenols is 1. The highest BCUT2D eigenvalue weighted by atomic mass is 79.9. The highest BCUT2D eigenvalue weighted by Crippen LogP contribution is 2.35. The normalized spacial score (nSPS) is 10.5. The first kappa shape index (κ1) is 19.7. The van der Waals surface area contributed by atoms with Gasteiger partial charge in [-0.2, -0.15) is 0 Å². The third kappa shape index (κ3) is 4.83. The van der Waals surface area contributed by atoms with Crippen LogP contribution >= 0.6 is 43.5 Å². The van der Waals surface area contributed by atoms with E-state index in [-0.39, 0.29) is 18.3 Å². The van der Waals surface area contributed by atoms with Crippen molar-refractivity contribution < 1.29 is 9.90 Å². The molecule has 7 heteroatoms. The molecule has 0 atom stereocenters. The minimum atomic E-state index is -0.357. The van der Waals surface area contributed by atoms with Crippen LogP contribution in [0.25, 0.3) is 0 Å². The fourth-order valence-electron chi connectivity index (χ4n) is 2.56. The number of rotatable bonds is 4. The summed E-state index contributed by atoms with van der Waals surface area (Å²) < 4.78 is 1.32. The summed E-state index contributed by atoms with van der Waals surface area (Å²) in [6, 6.07) is 19.4. The number of anilines is 2. The Balaban J connectivity index is 1.98. The second-order valence-corrected chi connectivity index (χ2v) is 7.91. The average molecular weight is 511 g/mol. The van der Waals surface area contributed by atoms with Gasteiger partial charge in [-0.05, 0) is 52.3 Å². The van der Waals surface area contributed by atoms with Gasteiger partial charge in [0, 0.05) is 15.7 Å². The van der Waals surface area contributed by atoms with E-state index in [0.717, 1.165) is 4.47 Å². The summed E-state index contributed by atoms with van der Waals surface area (Å²) in [7, 11) is 0. The van der Waals surface area contributed by atoms with E-state index in [9.17, 15) is 9.90 Å². The van der Waals surface area contributed by atoms with Crippen molar-refractivity contribution in [2.75, 3.05) is 10.2 Å². The Morgan fingerprint density at radius 1 is 1.04 bits per heavy atom. The summed E-state index contributed by atoms with van der Waals surface area (Å²) in [5.41, 5.74) is 1.78. The number of para-hydroxylation sites is 2. The predicted molar refractivity (Wildman–Crippen MR) is 117 cm³/mol. The Hall–Kier alpha value is -2.02. The summed E-state index contributed by atoms with van der Waals surface area (Å²) in [5, 5.41) is 13.7. The minimum absolute atomic E-state index is 0.0720. The first-order valence-electron chi connectivity index (χ1n) is 8.00. The molecule has 0 radical (unpaired) electrons. The molecule has 2 amide bonds. The molecule has 27 heavy (non-hydrogen) atoms. The number of carbonyl (C=O) groups is 1. The molecule has 0 aliphatic carbocycles. The number of nitrogens with zero attached hydrogens (tertiary/aromatic N) is 1. The number of amides is 2. The van der Waals surface area contributed by atoms with E-state index >= 15 is 0 Å². The molecule has 138 valence electrons. The summed E-state index contributed by atoms with van der Waals surface area (Å²) >= 11 is 13.1. The minimum Gasteiger partial charge on any atom is -0.506 e. The Kier molecular flexibility index (Phi) is 6.42. The highest BCUT2D eigenvalue weighted by Gasteiger charge is 2.21. The number of carbonyl (C=O) groups excluding carboxylic acids is 1. The molecule has 0 aliphatic rings. The largest absolute Gasteiger partial charge is 0.506 e. The van der Waals surface area contributed by atoms with Crippen LogP contribution in [0.15, 0.2) is 75.7 Å². The second kappa shape index (κ2) is 8.78. The molecule has 0 aromatic heterocycles. The van der Waals surface area contributed by atoms with Crippen molar-refractivity contribution in [3.63, 3.8) is 0 Å². The summed E-state index contributed by atoms with van der Waals surface area (Å²) in [5.74, 6) is 0.0720. The molecule has 3 aromatic carbocycles. The molecule has 3 aromatic rings. The number of hydrogen-bond donors (Lipinski definition) is 2. The molecule has 0 unspecified atom stereocenters. The fourth-order valence-corrected chi connectivity index (χ4v) is 4.11. The van der Waals surface area contributed by atoms with Gasteiger partial charge in [-0.25, -0.2) is 4.79 Å². The van der Waals surface area contributed by atoms with Gasteiger partial charge in [0.15, 0.2) is 0 Å². The molecule has 0 saturated carbocycles. The van der Waals surface area contributed by atoms with Crippen LogP contribution in [0.2, 0.25) is 5.02 Å². The van der Waals surface area contributed by atoms with Crippen LogP contribution in [0, 0.1) is 0 Å². The van der Waals surface area contributed by atoms with Crippen LogP contribution in [0.4, 0.5) is 16.2 Å². The summed E-state index contributed by atoms with van der Waals surface area (Å²) in [4.78, 5) is 14.5. The molecular weight excluding hydrogens is 495 g/mol. The average Bonchev–Trinajstić information content (AvgIpc) is 2.65. The molecule has 0 spiro atoms. The maximum absolute atomic E-state index is 13.0. The molecule has 0 aliphatic heterocycles. The monoisotopic (exact) mass is 508 g/mol. The highest BCUT2D eigenvalue weighted by molar-refractivity contribution is 9.11. The number of phenolic OH excluding ortho intramolecular Hbond substituents is 1. The molecule has 3 rings (SSSR count). The van der Waals surface area contributed by atoms with Gasteiger partial charge in [-0.1, -0.05) is 57.9 Å². The number of aromatic hydroxyl groups is 1. The van der Waals surface area contributed by atoms with E-state index in [1.165, 1.54) is 4.90 Å². The van der Waals surface area contributed by atoms with E-state index in [1.54, 1.807) is 48.5 Å². The Bertz CT molecular complexity index is 967. The first-order chi connectivity index (χ1) is 13.0. The molecule has 0 bridgehead atoms. The third-order valence-corrected chi connectivity index (χ3v) is 5.23. The molecule has 0 fully saturated rings. The van der Waals surface area contributed by atoms with Crippen molar-refractivity contribution in [2.45, 2.75) is 6.54 Å². The van der Waals surface area contributed by atoms with Gasteiger partial charge in [-0.3, -0.25) is 4.90 Å². The van der Waals surface area contributed by atoms with Crippen LogP contribution < -0.4 is 10.2 Å². The van der Waals surface area contributed by atoms with Gasteiger partial charge >= 0.3 is 6.03 Å². The quantitative estimate of drug-likeness (QED) is 0.405. The van der Waals surface area contributed by atoms with Gasteiger partial charge in [0.1, 0.15) is 5.75 Å². The number of urea groups is 1. The maximum Gasteiger partial charge on any atom is 0.326 e. The molecule has 4 nitrogen and oxygen atoms in total. The van der Waals surface area contributed by atoms with E-state index < -0.39 is 0 Å². The zero-order valence-corrected chi connectivity index (χ0v) is 17.9. The van der Waals surface area contributed by atoms with E-state index in [1.807, 2.05) is 18.2 Å². The lowest BCUT2D eigenvalue weighted by molar-refractivity contribution is 0.256. The van der Waals surface area contributed by atoms with Gasteiger partial charge in [0.25, 0.3) is 0 Å². The van der Waals surface area contributed by atoms with Crippen molar-refractivity contribution in [3.05, 3.63) is 86.3 Å². The number of hydrogen-bond acceptors (Lipinski definition) is 2. The van der Waals surface area contributed by atoms with Gasteiger partial charge in [0.05, 0.1) is 21.7 Å². The predicted octanol–water partition coefficient (Wildman–Crippen LogP) is 6.81. The van der Waals surface area contributed by atoms with Crippen LogP contribution in [0.5, 0.6) is 5.75 Å². The Labute approximate surface area is 179 Å². The molecule has 2 N–H and O–H groups in total. The Morgan fingerprint density at radius 2 is 1.70 bits per heavy atom. The van der Waals surface area contributed by atoms with Crippen LogP contribution in [-0.2, 0) is 6.54 Å². The van der Waals surface area contributed by atoms with Crippen LogP contribution in [0.1, 0.15) is 5.56 Å². The smallest absolute Gasteiger partial charge is 0.326 e. The topological polar surface area (TPSA) is 52.6 Å². The van der Waals surface area contributed by atoms with Crippen molar-refractivity contribution in [2.24, 2.45) is 0 Å². The van der Waals surface area contributed by atoms with Crippen molar-refractivity contribution in [1.29, 1.82) is 0 Å². The molecular formula is C20H15Br2ClN2O2. The van der Waals surface area contributed by atoms with Crippen molar-refractivity contribution in [3.8, 4) is 5.75 Å². The standard InChI is InChI=1S/C20H15Br2ClN2O2/c21-14-10-13(19(26)16(22)11-14)12-25(18-9-5-4-8-17(18)23)20(27)24-15-6-2-1-3-7-15/h1-11,26H,12H2,(H,24,27). The number of halogens is 3. The second-order valence-electron chi connectivity index (χ2n) is 5.73. The lowest BCUT2D eigenvalue weighted by atomic mass is 10.1. The maximum atomic E-state index is 13.0. The summed E-state index contributed by atoms with van der Waals surface area (Å²) in [6.07, 6.45) is 0. The summed E-state index contributed by atoms with van der Waals surface area (Å²) in [6.45, 7) is 0.131. The van der Waals surface area contributed by atoms with E-state index in [4.69, 9.17) is 11.6 Å². The van der Waals surface area contributed by atoms with Crippen LogP contribution in [0.3, 0.4) is 0 Å². The molecule has 0 heterocycles. The van der Waals surface area contributed by atoms with Crippen LogP contribution in [-0.4, -0.2) is 11.1 Å². The molecule has 0 saturated heterocycles. The third-order valence-electron chi connectivity index (χ3n) is 3.85. The van der Waals surface area contributed by atoms with Gasteiger partial charge < -0.3 is 10.4 Å². The lowest BCUT2D eigenvalue weighted by Gasteiger charge is -2.25. The van der Waals surface area contributed by atoms with E-state index in [2.05, 4.69) is 37.2 Å². The lowest BCUT2D eigenvalue weighted by Crippen LogP contribution is -2.34. The van der Waals surface area contributed by atoms with Crippen molar-refractivity contribution >= 4 is 60.9 Å².